The van der Waals surface area contributed by atoms with Crippen molar-refractivity contribution in [1.29, 1.82) is 0 Å². The molecule has 0 aliphatic rings. The number of nitrogens with zero attached hydrogens (tertiary/aromatic N) is 1. The lowest BCUT2D eigenvalue weighted by Gasteiger charge is -2.09. The fourth-order valence-corrected chi connectivity index (χ4v) is 1.97. The van der Waals surface area contributed by atoms with E-state index >= 15 is 0 Å². The lowest BCUT2D eigenvalue weighted by atomic mass is 10.3. The van der Waals surface area contributed by atoms with Gasteiger partial charge in [0.05, 0.1) is 5.69 Å². The summed E-state index contributed by atoms with van der Waals surface area (Å²) in [6, 6.07) is 17.6. The van der Waals surface area contributed by atoms with Gasteiger partial charge in [0, 0.05) is 9.26 Å². The molecule has 0 heterocycles. The van der Waals surface area contributed by atoms with Crippen LogP contribution in [0.3, 0.4) is 0 Å². The van der Waals surface area contributed by atoms with Crippen molar-refractivity contribution in [2.45, 2.75) is 0 Å². The van der Waals surface area contributed by atoms with E-state index < -0.39 is 0 Å². The van der Waals surface area contributed by atoms with E-state index in [1.165, 1.54) is 0 Å². The zero-order valence-corrected chi connectivity index (χ0v) is 11.8. The standard InChI is InChI=1S/C13H13IN4/c14-10-5-4-8-12(9-10)17-13(18-15)16-11-6-2-1-3-7-11/h1-9H,15H2,(H2,16,17,18). The monoisotopic (exact) mass is 352 g/mol. The highest BCUT2D eigenvalue weighted by molar-refractivity contribution is 14.1. The number of hydrazine groups is 1. The average Bonchev–Trinajstić information content (AvgIpc) is 2.39. The van der Waals surface area contributed by atoms with Gasteiger partial charge in [-0.05, 0) is 52.9 Å². The van der Waals surface area contributed by atoms with Crippen molar-refractivity contribution in [2.24, 2.45) is 10.8 Å². The normalized spacial score (nSPS) is 11.1. The first kappa shape index (κ1) is 12.8. The van der Waals surface area contributed by atoms with Gasteiger partial charge in [-0.2, -0.15) is 0 Å². The minimum Gasteiger partial charge on any atom is -0.325 e. The first-order valence-electron chi connectivity index (χ1n) is 5.41. The second-order valence-electron chi connectivity index (χ2n) is 3.58. The second kappa shape index (κ2) is 6.36. The number of nitrogens with two attached hydrogens (primary N) is 1. The maximum absolute atomic E-state index is 5.46. The lowest BCUT2D eigenvalue weighted by Crippen LogP contribution is -2.35. The van der Waals surface area contributed by atoms with Crippen LogP contribution < -0.4 is 16.6 Å². The van der Waals surface area contributed by atoms with Crippen LogP contribution in [0.15, 0.2) is 59.6 Å². The summed E-state index contributed by atoms with van der Waals surface area (Å²) in [5.74, 6) is 5.96. The van der Waals surface area contributed by atoms with Gasteiger partial charge < -0.3 is 5.32 Å². The molecule has 0 aliphatic heterocycles. The Hall–Kier alpha value is -1.60. The highest BCUT2D eigenvalue weighted by Crippen LogP contribution is 2.14. The molecule has 0 amide bonds. The fourth-order valence-electron chi connectivity index (χ4n) is 1.43. The van der Waals surface area contributed by atoms with Gasteiger partial charge in [-0.3, -0.25) is 5.43 Å². The van der Waals surface area contributed by atoms with E-state index in [1.807, 2.05) is 54.6 Å². The van der Waals surface area contributed by atoms with Crippen LogP contribution >= 0.6 is 22.6 Å². The summed E-state index contributed by atoms with van der Waals surface area (Å²) in [5.41, 5.74) is 4.33. The van der Waals surface area contributed by atoms with Crippen LogP contribution in [0.25, 0.3) is 0 Å². The number of halogens is 1. The zero-order valence-electron chi connectivity index (χ0n) is 9.60. The Kier molecular flexibility index (Phi) is 4.54. The summed E-state index contributed by atoms with van der Waals surface area (Å²) in [6.07, 6.45) is 0. The molecule has 0 atom stereocenters. The molecule has 4 nitrogen and oxygen atoms in total. The first-order chi connectivity index (χ1) is 8.78. The summed E-state index contributed by atoms with van der Waals surface area (Å²) >= 11 is 2.26. The van der Waals surface area contributed by atoms with Gasteiger partial charge in [0.2, 0.25) is 5.96 Å². The number of para-hydroxylation sites is 1. The molecule has 2 rings (SSSR count). The van der Waals surface area contributed by atoms with E-state index in [1.54, 1.807) is 0 Å². The van der Waals surface area contributed by atoms with Gasteiger partial charge in [0.25, 0.3) is 0 Å². The Morgan fingerprint density at radius 2 is 1.83 bits per heavy atom. The van der Waals surface area contributed by atoms with E-state index in [0.717, 1.165) is 14.9 Å². The summed E-state index contributed by atoms with van der Waals surface area (Å²) in [5, 5.41) is 3.13. The molecule has 0 unspecified atom stereocenters. The van der Waals surface area contributed by atoms with Crippen molar-refractivity contribution < 1.29 is 0 Å². The van der Waals surface area contributed by atoms with Gasteiger partial charge in [-0.25, -0.2) is 10.8 Å². The molecule has 0 fully saturated rings. The molecule has 2 aromatic rings. The third-order valence-electron chi connectivity index (χ3n) is 2.22. The number of aliphatic imine (C=N–C) groups is 1. The van der Waals surface area contributed by atoms with E-state index in [9.17, 15) is 0 Å². The summed E-state index contributed by atoms with van der Waals surface area (Å²) in [6.45, 7) is 0. The molecule has 0 bridgehead atoms. The topological polar surface area (TPSA) is 62.4 Å². The van der Waals surface area contributed by atoms with Gasteiger partial charge in [0.15, 0.2) is 0 Å². The van der Waals surface area contributed by atoms with Crippen LogP contribution in [0.1, 0.15) is 0 Å². The molecule has 0 aromatic heterocycles. The summed E-state index contributed by atoms with van der Waals surface area (Å²) < 4.78 is 1.15. The Balaban J connectivity index is 2.17. The lowest BCUT2D eigenvalue weighted by molar-refractivity contribution is 1.02. The van der Waals surface area contributed by atoms with Crippen LogP contribution in [0, 0.1) is 3.57 Å². The molecule has 0 radical (unpaired) electrons. The minimum atomic E-state index is 0.503. The maximum atomic E-state index is 5.46. The summed E-state index contributed by atoms with van der Waals surface area (Å²) in [7, 11) is 0. The molecule has 18 heavy (non-hydrogen) atoms. The van der Waals surface area contributed by atoms with E-state index in [4.69, 9.17) is 5.84 Å². The van der Waals surface area contributed by atoms with E-state index in [2.05, 4.69) is 38.3 Å². The fraction of sp³-hybridized carbons (Fsp3) is 0. The molecule has 0 saturated carbocycles. The number of anilines is 1. The smallest absolute Gasteiger partial charge is 0.215 e. The second-order valence-corrected chi connectivity index (χ2v) is 4.82. The van der Waals surface area contributed by atoms with Crippen LogP contribution in [-0.4, -0.2) is 5.96 Å². The predicted molar refractivity (Wildman–Crippen MR) is 83.6 cm³/mol. The van der Waals surface area contributed by atoms with Crippen molar-refractivity contribution in [3.8, 4) is 0 Å². The summed E-state index contributed by atoms with van der Waals surface area (Å²) in [4.78, 5) is 4.37. The van der Waals surface area contributed by atoms with Gasteiger partial charge in [-0.15, -0.1) is 0 Å². The predicted octanol–water partition coefficient (Wildman–Crippen LogP) is 2.85. The number of rotatable bonds is 2. The molecular weight excluding hydrogens is 339 g/mol. The van der Waals surface area contributed by atoms with Gasteiger partial charge >= 0.3 is 0 Å². The Bertz CT molecular complexity index is 540. The molecule has 5 heteroatoms. The average molecular weight is 352 g/mol. The SMILES string of the molecule is NNC(=Nc1ccccc1)Nc1cccc(I)c1. The van der Waals surface area contributed by atoms with Crippen LogP contribution in [0.4, 0.5) is 11.4 Å². The molecular formula is C13H13IN4. The highest BCUT2D eigenvalue weighted by atomic mass is 127. The Morgan fingerprint density at radius 3 is 2.50 bits per heavy atom. The number of hydrogen-bond donors (Lipinski definition) is 3. The quantitative estimate of drug-likeness (QED) is 0.256. The van der Waals surface area contributed by atoms with Crippen molar-refractivity contribution in [2.75, 3.05) is 5.32 Å². The van der Waals surface area contributed by atoms with Crippen LogP contribution in [-0.2, 0) is 0 Å². The van der Waals surface area contributed by atoms with E-state index in [0.29, 0.717) is 5.96 Å². The van der Waals surface area contributed by atoms with Gasteiger partial charge in [0.1, 0.15) is 0 Å². The minimum absolute atomic E-state index is 0.503. The molecule has 92 valence electrons. The maximum Gasteiger partial charge on any atom is 0.215 e. The molecule has 0 saturated heterocycles. The zero-order chi connectivity index (χ0) is 12.8. The van der Waals surface area contributed by atoms with Crippen molar-refractivity contribution >= 4 is 39.9 Å². The number of hydrogen-bond acceptors (Lipinski definition) is 2. The third kappa shape index (κ3) is 3.71. The molecule has 4 N–H and O–H groups in total. The Morgan fingerprint density at radius 1 is 1.06 bits per heavy atom. The number of benzene rings is 2. The van der Waals surface area contributed by atoms with Crippen molar-refractivity contribution in [1.82, 2.24) is 5.43 Å². The van der Waals surface area contributed by atoms with Crippen molar-refractivity contribution in [3.63, 3.8) is 0 Å². The Labute approximate surface area is 119 Å². The third-order valence-corrected chi connectivity index (χ3v) is 2.89. The van der Waals surface area contributed by atoms with Gasteiger partial charge in [-0.1, -0.05) is 24.3 Å². The largest absolute Gasteiger partial charge is 0.325 e. The number of nitrogens with one attached hydrogen (secondary N) is 2. The first-order valence-corrected chi connectivity index (χ1v) is 6.49. The molecule has 2 aromatic carbocycles. The molecule has 0 aliphatic carbocycles. The number of guanidine groups is 1. The highest BCUT2D eigenvalue weighted by Gasteiger charge is 1.99. The van der Waals surface area contributed by atoms with Crippen LogP contribution in [0.5, 0.6) is 0 Å². The molecule has 0 spiro atoms. The van der Waals surface area contributed by atoms with Crippen molar-refractivity contribution in [3.05, 3.63) is 58.2 Å². The van der Waals surface area contributed by atoms with Crippen LogP contribution in [0.2, 0.25) is 0 Å². The van der Waals surface area contributed by atoms with E-state index in [-0.39, 0.29) is 0 Å².